The van der Waals surface area contributed by atoms with Crippen LogP contribution in [0.1, 0.15) is 12.8 Å². The topological polar surface area (TPSA) is 66.4 Å². The molecular formula is C14H14INO3. The third-order valence-electron chi connectivity index (χ3n) is 3.20. The van der Waals surface area contributed by atoms with Gasteiger partial charge in [-0.3, -0.25) is 9.59 Å². The normalized spacial score (nSPS) is 21.9. The number of carbonyl (C=O) groups is 2. The Balaban J connectivity index is 2.08. The Hall–Kier alpha value is -1.37. The zero-order chi connectivity index (χ0) is 13.8. The monoisotopic (exact) mass is 371 g/mol. The Morgan fingerprint density at radius 2 is 1.68 bits per heavy atom. The van der Waals surface area contributed by atoms with Gasteiger partial charge in [0.25, 0.3) is 0 Å². The summed E-state index contributed by atoms with van der Waals surface area (Å²) in [6.45, 7) is 0. The van der Waals surface area contributed by atoms with Crippen molar-refractivity contribution < 1.29 is 14.7 Å². The molecule has 1 aliphatic rings. The van der Waals surface area contributed by atoms with Crippen molar-refractivity contribution in [3.05, 3.63) is 40.0 Å². The minimum Gasteiger partial charge on any atom is -0.481 e. The van der Waals surface area contributed by atoms with Crippen LogP contribution in [-0.2, 0) is 9.59 Å². The summed E-state index contributed by atoms with van der Waals surface area (Å²) in [5.74, 6) is -2.26. The average Bonchev–Trinajstić information content (AvgIpc) is 2.41. The SMILES string of the molecule is O=C(Nc1ccc(I)cc1)[C@H]1CC=CC[C@H]1C(=O)O. The van der Waals surface area contributed by atoms with Crippen LogP contribution >= 0.6 is 22.6 Å². The summed E-state index contributed by atoms with van der Waals surface area (Å²) in [5.41, 5.74) is 0.698. The Kier molecular flexibility index (Phi) is 4.57. The molecule has 2 rings (SSSR count). The molecule has 0 bridgehead atoms. The maximum absolute atomic E-state index is 12.2. The van der Waals surface area contributed by atoms with Crippen LogP contribution < -0.4 is 5.32 Å². The zero-order valence-electron chi connectivity index (χ0n) is 10.2. The van der Waals surface area contributed by atoms with Gasteiger partial charge in [0.1, 0.15) is 0 Å². The van der Waals surface area contributed by atoms with Gasteiger partial charge >= 0.3 is 5.97 Å². The van der Waals surface area contributed by atoms with Crippen molar-refractivity contribution in [2.75, 3.05) is 5.32 Å². The lowest BCUT2D eigenvalue weighted by Gasteiger charge is -2.24. The predicted molar refractivity (Wildman–Crippen MR) is 80.8 cm³/mol. The number of benzene rings is 1. The van der Waals surface area contributed by atoms with Crippen LogP contribution in [0, 0.1) is 15.4 Å². The number of halogens is 1. The molecule has 0 radical (unpaired) electrons. The molecule has 0 fully saturated rings. The highest BCUT2D eigenvalue weighted by atomic mass is 127. The highest BCUT2D eigenvalue weighted by Crippen LogP contribution is 2.27. The number of allylic oxidation sites excluding steroid dienone is 2. The first-order chi connectivity index (χ1) is 9.08. The fourth-order valence-electron chi connectivity index (χ4n) is 2.15. The molecule has 0 spiro atoms. The minimum atomic E-state index is -0.910. The fraction of sp³-hybridized carbons (Fsp3) is 0.286. The molecule has 1 aliphatic carbocycles. The van der Waals surface area contributed by atoms with Gasteiger partial charge in [0, 0.05) is 9.26 Å². The van der Waals surface area contributed by atoms with Crippen LogP contribution in [0.5, 0.6) is 0 Å². The van der Waals surface area contributed by atoms with Gasteiger partial charge in [0.2, 0.25) is 5.91 Å². The molecule has 0 heterocycles. The number of carbonyl (C=O) groups excluding carboxylic acids is 1. The van der Waals surface area contributed by atoms with Crippen LogP contribution in [0.4, 0.5) is 5.69 Å². The molecule has 0 saturated heterocycles. The quantitative estimate of drug-likeness (QED) is 0.634. The summed E-state index contributed by atoms with van der Waals surface area (Å²) in [7, 11) is 0. The van der Waals surface area contributed by atoms with Gasteiger partial charge in [-0.1, -0.05) is 12.2 Å². The Morgan fingerprint density at radius 1 is 1.11 bits per heavy atom. The zero-order valence-corrected chi connectivity index (χ0v) is 12.3. The van der Waals surface area contributed by atoms with E-state index in [-0.39, 0.29) is 5.91 Å². The van der Waals surface area contributed by atoms with Crippen molar-refractivity contribution in [3.8, 4) is 0 Å². The van der Waals surface area contributed by atoms with Crippen LogP contribution in [0.2, 0.25) is 0 Å². The van der Waals surface area contributed by atoms with Crippen molar-refractivity contribution >= 4 is 40.2 Å². The first-order valence-electron chi connectivity index (χ1n) is 6.02. The molecule has 19 heavy (non-hydrogen) atoms. The summed E-state index contributed by atoms with van der Waals surface area (Å²) in [5, 5.41) is 11.9. The van der Waals surface area contributed by atoms with Gasteiger partial charge in [0.15, 0.2) is 0 Å². The number of aliphatic carboxylic acids is 1. The van der Waals surface area contributed by atoms with E-state index in [1.165, 1.54) is 0 Å². The maximum Gasteiger partial charge on any atom is 0.307 e. The lowest BCUT2D eigenvalue weighted by Crippen LogP contribution is -2.34. The van der Waals surface area contributed by atoms with E-state index in [0.717, 1.165) is 3.57 Å². The number of rotatable bonds is 3. The maximum atomic E-state index is 12.2. The predicted octanol–water partition coefficient (Wildman–Crippen LogP) is 2.90. The second-order valence-electron chi connectivity index (χ2n) is 4.49. The molecular weight excluding hydrogens is 357 g/mol. The molecule has 1 amide bonds. The highest BCUT2D eigenvalue weighted by Gasteiger charge is 2.33. The lowest BCUT2D eigenvalue weighted by molar-refractivity contribution is -0.146. The third kappa shape index (κ3) is 3.56. The second kappa shape index (κ2) is 6.18. The van der Waals surface area contributed by atoms with Crippen molar-refractivity contribution in [1.29, 1.82) is 0 Å². The molecule has 1 aromatic carbocycles. The number of hydrogen-bond donors (Lipinski definition) is 2. The smallest absolute Gasteiger partial charge is 0.307 e. The van der Waals surface area contributed by atoms with Crippen LogP contribution in [0.15, 0.2) is 36.4 Å². The van der Waals surface area contributed by atoms with Gasteiger partial charge in [-0.05, 0) is 59.7 Å². The van der Waals surface area contributed by atoms with Crippen LogP contribution in [-0.4, -0.2) is 17.0 Å². The summed E-state index contributed by atoms with van der Waals surface area (Å²) in [4.78, 5) is 23.3. The van der Waals surface area contributed by atoms with Crippen LogP contribution in [0.25, 0.3) is 0 Å². The number of carboxylic acids is 1. The van der Waals surface area contributed by atoms with Crippen LogP contribution in [0.3, 0.4) is 0 Å². The fourth-order valence-corrected chi connectivity index (χ4v) is 2.50. The molecule has 0 saturated carbocycles. The van der Waals surface area contributed by atoms with Gasteiger partial charge in [-0.15, -0.1) is 0 Å². The van der Waals surface area contributed by atoms with E-state index in [4.69, 9.17) is 5.11 Å². The van der Waals surface area contributed by atoms with Crippen molar-refractivity contribution in [3.63, 3.8) is 0 Å². The van der Waals surface area contributed by atoms with Gasteiger partial charge in [-0.25, -0.2) is 0 Å². The van der Waals surface area contributed by atoms with E-state index in [0.29, 0.717) is 18.5 Å². The van der Waals surface area contributed by atoms with Crippen molar-refractivity contribution in [2.45, 2.75) is 12.8 Å². The highest BCUT2D eigenvalue weighted by molar-refractivity contribution is 14.1. The van der Waals surface area contributed by atoms with E-state index in [9.17, 15) is 9.59 Å². The molecule has 0 unspecified atom stereocenters. The first kappa shape index (κ1) is 14.0. The number of hydrogen-bond acceptors (Lipinski definition) is 2. The van der Waals surface area contributed by atoms with Gasteiger partial charge in [-0.2, -0.15) is 0 Å². The number of amides is 1. The Bertz CT molecular complexity index is 510. The van der Waals surface area contributed by atoms with E-state index in [2.05, 4.69) is 27.9 Å². The molecule has 0 aromatic heterocycles. The summed E-state index contributed by atoms with van der Waals surface area (Å²) in [6.07, 6.45) is 4.60. The van der Waals surface area contributed by atoms with E-state index in [1.54, 1.807) is 0 Å². The minimum absolute atomic E-state index is 0.224. The molecule has 2 N–H and O–H groups in total. The Labute approximate surface area is 125 Å². The molecule has 0 aliphatic heterocycles. The van der Waals surface area contributed by atoms with E-state index < -0.39 is 17.8 Å². The summed E-state index contributed by atoms with van der Waals surface area (Å²) < 4.78 is 1.08. The van der Waals surface area contributed by atoms with Gasteiger partial charge < -0.3 is 10.4 Å². The first-order valence-corrected chi connectivity index (χ1v) is 7.10. The second-order valence-corrected chi connectivity index (χ2v) is 5.74. The summed E-state index contributed by atoms with van der Waals surface area (Å²) >= 11 is 2.19. The molecule has 100 valence electrons. The van der Waals surface area contributed by atoms with E-state index in [1.807, 2.05) is 36.4 Å². The molecule has 4 nitrogen and oxygen atoms in total. The van der Waals surface area contributed by atoms with Crippen molar-refractivity contribution in [1.82, 2.24) is 0 Å². The van der Waals surface area contributed by atoms with Gasteiger partial charge in [0.05, 0.1) is 11.8 Å². The number of nitrogens with one attached hydrogen (secondary N) is 1. The molecule has 2 atom stereocenters. The number of anilines is 1. The van der Waals surface area contributed by atoms with E-state index >= 15 is 0 Å². The summed E-state index contributed by atoms with van der Waals surface area (Å²) in [6, 6.07) is 7.42. The largest absolute Gasteiger partial charge is 0.481 e. The molecule has 1 aromatic rings. The number of carboxylic acid groups (broad SMARTS) is 1. The van der Waals surface area contributed by atoms with Crippen molar-refractivity contribution in [2.24, 2.45) is 11.8 Å². The molecule has 5 heteroatoms. The third-order valence-corrected chi connectivity index (χ3v) is 3.92. The standard InChI is InChI=1S/C14H14INO3/c15-9-5-7-10(8-6-9)16-13(17)11-3-1-2-4-12(11)14(18)19/h1-2,5-8,11-12H,3-4H2,(H,16,17)(H,18,19)/t11-,12+/m0/s1. The average molecular weight is 371 g/mol. The lowest BCUT2D eigenvalue weighted by atomic mass is 9.82. The Morgan fingerprint density at radius 3 is 2.26 bits per heavy atom.